The van der Waals surface area contributed by atoms with Crippen molar-refractivity contribution >= 4 is 10.9 Å². The van der Waals surface area contributed by atoms with Gasteiger partial charge in [0.2, 0.25) is 0 Å². The largest absolute Gasteiger partial charge is 0.361 e. The highest BCUT2D eigenvalue weighted by Gasteiger charge is 1.97. The molecule has 2 aromatic rings. The molecule has 56 valence electrons. The highest BCUT2D eigenvalue weighted by molar-refractivity contribution is 5.82. The number of aromatic amines is 1. The fourth-order valence-corrected chi connectivity index (χ4v) is 1.26. The average molecular weight is 147 g/mol. The second-order valence-corrected chi connectivity index (χ2v) is 2.49. The van der Waals surface area contributed by atoms with Crippen molar-refractivity contribution in [3.63, 3.8) is 0 Å². The number of hydrogen-bond acceptors (Lipinski definition) is 0. The minimum absolute atomic E-state index is 0.113. The Bertz CT molecular complexity index is 408. The lowest BCUT2D eigenvalue weighted by Crippen LogP contribution is -1.72. The predicted molar refractivity (Wildman–Crippen MR) is 47.7 cm³/mol. The van der Waals surface area contributed by atoms with Crippen molar-refractivity contribution < 1.29 is 2.74 Å². The highest BCUT2D eigenvalue weighted by atomic mass is 14.7. The van der Waals surface area contributed by atoms with Crippen LogP contribution in [0.5, 0.6) is 0 Å². The van der Waals surface area contributed by atoms with Crippen LogP contribution >= 0.6 is 0 Å². The topological polar surface area (TPSA) is 15.8 Å². The van der Waals surface area contributed by atoms with Crippen LogP contribution in [0.4, 0.5) is 0 Å². The molecule has 0 bridgehead atoms. The fraction of sp³-hybridized carbons (Fsp3) is 0.200. The quantitative estimate of drug-likeness (QED) is 0.638. The summed E-state index contributed by atoms with van der Waals surface area (Å²) in [6.07, 6.45) is 1.40. The van der Waals surface area contributed by atoms with Crippen LogP contribution in [0.2, 0.25) is 0 Å². The van der Waals surface area contributed by atoms with E-state index in [-0.39, 0.29) is 6.90 Å². The van der Waals surface area contributed by atoms with E-state index in [1.165, 1.54) is 0 Å². The third kappa shape index (κ3) is 0.929. The van der Waals surface area contributed by atoms with Crippen LogP contribution in [-0.4, -0.2) is 4.98 Å². The summed E-state index contributed by atoms with van der Waals surface area (Å²) >= 11 is 0. The lowest BCUT2D eigenvalue weighted by molar-refractivity contribution is 1.15. The summed E-state index contributed by atoms with van der Waals surface area (Å²) in [5, 5.41) is 1.06. The minimum Gasteiger partial charge on any atom is -0.361 e. The molecule has 2 rings (SSSR count). The molecule has 0 aliphatic carbocycles. The van der Waals surface area contributed by atoms with E-state index in [1.807, 2.05) is 30.5 Å². The smallest absolute Gasteiger partial charge is 0.0456 e. The maximum Gasteiger partial charge on any atom is 0.0456 e. The molecule has 0 radical (unpaired) electrons. The molecule has 1 aromatic heterocycles. The van der Waals surface area contributed by atoms with Crippen molar-refractivity contribution in [1.82, 2.24) is 4.98 Å². The van der Waals surface area contributed by atoms with Gasteiger partial charge >= 0.3 is 0 Å². The van der Waals surface area contributed by atoms with Gasteiger partial charge in [-0.2, -0.15) is 0 Å². The van der Waals surface area contributed by atoms with E-state index in [0.29, 0.717) is 0 Å². The Hall–Kier alpha value is -1.24. The number of nitrogens with one attached hydrogen (secondary N) is 1. The molecule has 0 aliphatic heterocycles. The van der Waals surface area contributed by atoms with Crippen molar-refractivity contribution in [2.45, 2.75) is 13.3 Å². The van der Waals surface area contributed by atoms with Crippen molar-refractivity contribution in [3.05, 3.63) is 36.0 Å². The molecular weight excluding hydrogens is 134 g/mol. The van der Waals surface area contributed by atoms with Crippen LogP contribution in [0.3, 0.4) is 0 Å². The summed E-state index contributed by atoms with van der Waals surface area (Å²) in [6, 6.07) is 7.88. The van der Waals surface area contributed by atoms with E-state index in [0.717, 1.165) is 16.5 Å². The molecule has 1 heterocycles. The first kappa shape index (κ1) is 4.60. The Balaban J connectivity index is 2.57. The molecule has 0 saturated heterocycles. The maximum atomic E-state index is 7.65. The summed E-state index contributed by atoms with van der Waals surface area (Å²) in [5.74, 6) is 0. The predicted octanol–water partition coefficient (Wildman–Crippen LogP) is 2.73. The van der Waals surface area contributed by atoms with Gasteiger partial charge in [-0.1, -0.05) is 25.1 Å². The van der Waals surface area contributed by atoms with Crippen LogP contribution in [0.25, 0.3) is 10.9 Å². The number of benzene rings is 1. The molecule has 1 N–H and O–H groups in total. The molecule has 0 fully saturated rings. The van der Waals surface area contributed by atoms with Crippen LogP contribution < -0.4 is 0 Å². The first-order valence-electron chi connectivity index (χ1n) is 4.89. The second-order valence-electron chi connectivity index (χ2n) is 2.49. The van der Waals surface area contributed by atoms with Gasteiger partial charge in [0.1, 0.15) is 0 Å². The molecule has 1 heteroatoms. The Morgan fingerprint density at radius 1 is 1.55 bits per heavy atom. The van der Waals surface area contributed by atoms with Crippen LogP contribution in [0.1, 0.15) is 15.2 Å². The van der Waals surface area contributed by atoms with Crippen molar-refractivity contribution in [3.8, 4) is 0 Å². The first-order valence-corrected chi connectivity index (χ1v) is 3.60. The van der Waals surface area contributed by atoms with Crippen molar-refractivity contribution in [2.75, 3.05) is 0 Å². The Kier molecular flexibility index (Phi) is 1.01. The van der Waals surface area contributed by atoms with E-state index in [1.54, 1.807) is 0 Å². The average Bonchev–Trinajstić information content (AvgIpc) is 2.60. The van der Waals surface area contributed by atoms with Crippen molar-refractivity contribution in [1.29, 1.82) is 0 Å². The van der Waals surface area contributed by atoms with Gasteiger partial charge in [-0.25, -0.2) is 0 Å². The fourth-order valence-electron chi connectivity index (χ4n) is 1.26. The van der Waals surface area contributed by atoms with Gasteiger partial charge in [-0.15, -0.1) is 0 Å². The van der Waals surface area contributed by atoms with Gasteiger partial charge in [0.15, 0.2) is 0 Å². The molecule has 1 aromatic carbocycles. The number of hydrogen-bond donors (Lipinski definition) is 1. The molecule has 0 aliphatic rings. The summed E-state index contributed by atoms with van der Waals surface area (Å²) in [4.78, 5) is 3.10. The molecular formula is C10H11N. The Labute approximate surface area is 68.9 Å². The normalized spacial score (nSPS) is 16.0. The first-order chi connectivity index (χ1) is 6.33. The van der Waals surface area contributed by atoms with E-state index < -0.39 is 6.40 Å². The van der Waals surface area contributed by atoms with E-state index in [4.69, 9.17) is 2.74 Å². The molecule has 0 spiro atoms. The summed E-state index contributed by atoms with van der Waals surface area (Å²) in [7, 11) is 0. The number of rotatable bonds is 1. The van der Waals surface area contributed by atoms with Crippen LogP contribution in [0.15, 0.2) is 30.5 Å². The summed E-state index contributed by atoms with van der Waals surface area (Å²) in [6.45, 7) is 0.113. The SMILES string of the molecule is [2H]CC([2H])c1c[nH]c2ccccc12. The number of aromatic nitrogens is 1. The van der Waals surface area contributed by atoms with E-state index in [9.17, 15) is 0 Å². The highest BCUT2D eigenvalue weighted by Crippen LogP contribution is 2.17. The standard InChI is InChI=1S/C10H11N/c1-2-8-7-11-10-6-4-3-5-9(8)10/h3-7,11H,2H2,1H3/i1D,2D. The monoisotopic (exact) mass is 147 g/mol. The number of aryl methyl sites for hydroxylation is 1. The second kappa shape index (κ2) is 2.42. The lowest BCUT2D eigenvalue weighted by Gasteiger charge is -1.90. The third-order valence-corrected chi connectivity index (χ3v) is 1.84. The Morgan fingerprint density at radius 2 is 2.45 bits per heavy atom. The summed E-state index contributed by atoms with van der Waals surface area (Å²) in [5.41, 5.74) is 1.97. The molecule has 1 nitrogen and oxygen atoms in total. The lowest BCUT2D eigenvalue weighted by atomic mass is 10.1. The van der Waals surface area contributed by atoms with Gasteiger partial charge in [0.05, 0.1) is 0 Å². The molecule has 1 atom stereocenters. The number of para-hydroxylation sites is 1. The molecule has 0 amide bonds. The Morgan fingerprint density at radius 3 is 3.36 bits per heavy atom. The van der Waals surface area contributed by atoms with Gasteiger partial charge in [-0.05, 0) is 18.0 Å². The number of H-pyrrole nitrogens is 1. The zero-order valence-electron chi connectivity index (χ0n) is 8.17. The molecule has 1 unspecified atom stereocenters. The van der Waals surface area contributed by atoms with Crippen LogP contribution in [0, 0.1) is 0 Å². The zero-order chi connectivity index (χ0) is 9.26. The maximum absolute atomic E-state index is 7.65. The number of fused-ring (bicyclic) bond motifs is 1. The minimum atomic E-state index is -0.434. The van der Waals surface area contributed by atoms with Gasteiger partial charge in [0, 0.05) is 19.8 Å². The van der Waals surface area contributed by atoms with Gasteiger partial charge in [-0.3, -0.25) is 0 Å². The molecule has 0 saturated carbocycles. The van der Waals surface area contributed by atoms with E-state index >= 15 is 0 Å². The summed E-state index contributed by atoms with van der Waals surface area (Å²) < 4.78 is 14.8. The van der Waals surface area contributed by atoms with Crippen LogP contribution in [-0.2, 0) is 6.40 Å². The van der Waals surface area contributed by atoms with Crippen molar-refractivity contribution in [2.24, 2.45) is 0 Å². The van der Waals surface area contributed by atoms with E-state index in [2.05, 4.69) is 4.98 Å². The zero-order valence-corrected chi connectivity index (χ0v) is 6.17. The van der Waals surface area contributed by atoms with Gasteiger partial charge < -0.3 is 4.98 Å². The molecule has 11 heavy (non-hydrogen) atoms. The van der Waals surface area contributed by atoms with Gasteiger partial charge in [0.25, 0.3) is 0 Å². The third-order valence-electron chi connectivity index (χ3n) is 1.84.